The summed E-state index contributed by atoms with van der Waals surface area (Å²) < 4.78 is 0. The maximum absolute atomic E-state index is 8.47. The van der Waals surface area contributed by atoms with Crippen LogP contribution in [-0.4, -0.2) is 29.1 Å². The minimum atomic E-state index is -1.48. The van der Waals surface area contributed by atoms with Crippen molar-refractivity contribution in [2.45, 2.75) is 18.8 Å². The van der Waals surface area contributed by atoms with E-state index in [-0.39, 0.29) is 0 Å². The van der Waals surface area contributed by atoms with Gasteiger partial charge >= 0.3 is 0 Å². The lowest BCUT2D eigenvalue weighted by Gasteiger charge is -2.07. The molecule has 4 heteroatoms. The molecule has 0 aliphatic carbocycles. The lowest BCUT2D eigenvalue weighted by molar-refractivity contribution is -0.0476. The molecule has 0 amide bonds. The summed E-state index contributed by atoms with van der Waals surface area (Å²) in [5.74, 6) is 0. The zero-order valence-corrected chi connectivity index (χ0v) is 5.77. The molecule has 0 spiro atoms. The molecular formula is C6H14N2O2. The van der Waals surface area contributed by atoms with E-state index < -0.39 is 12.3 Å². The molecule has 0 radical (unpaired) electrons. The predicted octanol–water partition coefficient (Wildman–Crippen LogP) is -1.47. The van der Waals surface area contributed by atoms with Crippen molar-refractivity contribution in [1.29, 1.82) is 0 Å². The molecule has 0 aromatic carbocycles. The molecule has 0 aliphatic heterocycles. The van der Waals surface area contributed by atoms with Crippen molar-refractivity contribution in [3.05, 3.63) is 12.2 Å². The summed E-state index contributed by atoms with van der Waals surface area (Å²) >= 11 is 0. The summed E-state index contributed by atoms with van der Waals surface area (Å²) in [5, 5.41) is 16.9. The third-order valence-corrected chi connectivity index (χ3v) is 1.04. The van der Waals surface area contributed by atoms with Crippen molar-refractivity contribution in [2.24, 2.45) is 11.5 Å². The summed E-state index contributed by atoms with van der Waals surface area (Å²) in [6.45, 7) is 0.546. The van der Waals surface area contributed by atoms with Gasteiger partial charge in [-0.1, -0.05) is 12.2 Å². The first-order valence-electron chi connectivity index (χ1n) is 3.17. The molecule has 0 saturated heterocycles. The summed E-state index contributed by atoms with van der Waals surface area (Å²) in [6, 6.07) is -0.702. The standard InChI is InChI=1S/C6H14N2O2/c7-4-2-1-3-5(8)6(9)10/h1,3,5-6,9-10H,2,4,7-8H2/b3-1+/t5-/m0/s1. The van der Waals surface area contributed by atoms with Crippen molar-refractivity contribution in [1.82, 2.24) is 0 Å². The highest BCUT2D eigenvalue weighted by molar-refractivity contribution is 4.92. The molecule has 0 aromatic rings. The molecule has 0 unspecified atom stereocenters. The smallest absolute Gasteiger partial charge is 0.170 e. The highest BCUT2D eigenvalue weighted by Gasteiger charge is 2.04. The largest absolute Gasteiger partial charge is 0.367 e. The van der Waals surface area contributed by atoms with E-state index in [1.165, 1.54) is 6.08 Å². The second-order valence-electron chi connectivity index (χ2n) is 2.00. The Labute approximate surface area is 60.1 Å². The molecule has 0 saturated carbocycles. The Bertz CT molecular complexity index is 104. The average molecular weight is 146 g/mol. The lowest BCUT2D eigenvalue weighted by Crippen LogP contribution is -2.32. The van der Waals surface area contributed by atoms with Gasteiger partial charge in [0.05, 0.1) is 6.04 Å². The number of hydrogen-bond donors (Lipinski definition) is 4. The van der Waals surface area contributed by atoms with Crippen LogP contribution in [0, 0.1) is 0 Å². The topological polar surface area (TPSA) is 92.5 Å². The first-order valence-corrected chi connectivity index (χ1v) is 3.17. The fraction of sp³-hybridized carbons (Fsp3) is 0.667. The van der Waals surface area contributed by atoms with E-state index in [2.05, 4.69) is 0 Å². The maximum atomic E-state index is 8.47. The molecule has 0 aliphatic rings. The minimum Gasteiger partial charge on any atom is -0.367 e. The Morgan fingerprint density at radius 2 is 2.00 bits per heavy atom. The van der Waals surface area contributed by atoms with Gasteiger partial charge in [-0.2, -0.15) is 0 Å². The number of aliphatic hydroxyl groups excluding tert-OH is 1. The summed E-state index contributed by atoms with van der Waals surface area (Å²) in [4.78, 5) is 0. The highest BCUT2D eigenvalue weighted by atomic mass is 16.5. The van der Waals surface area contributed by atoms with E-state index >= 15 is 0 Å². The van der Waals surface area contributed by atoms with Crippen LogP contribution in [0.4, 0.5) is 0 Å². The van der Waals surface area contributed by atoms with Crippen LogP contribution in [-0.2, 0) is 0 Å². The van der Waals surface area contributed by atoms with Gasteiger partial charge in [0.1, 0.15) is 0 Å². The van der Waals surface area contributed by atoms with Gasteiger partial charge in [-0.15, -0.1) is 0 Å². The first-order chi connectivity index (χ1) is 4.68. The SMILES string of the molecule is NCC/C=C/[C@H](N)C(O)O. The summed E-state index contributed by atoms with van der Waals surface area (Å²) in [6.07, 6.45) is 2.48. The molecule has 0 fully saturated rings. The molecule has 1 atom stereocenters. The van der Waals surface area contributed by atoms with Crippen molar-refractivity contribution >= 4 is 0 Å². The van der Waals surface area contributed by atoms with Crippen LogP contribution in [0.3, 0.4) is 0 Å². The van der Waals surface area contributed by atoms with Gasteiger partial charge in [0.2, 0.25) is 0 Å². The molecule has 0 aromatic heterocycles. The Hall–Kier alpha value is -0.420. The fourth-order valence-electron chi connectivity index (χ4n) is 0.449. The van der Waals surface area contributed by atoms with Gasteiger partial charge < -0.3 is 21.7 Å². The second-order valence-corrected chi connectivity index (χ2v) is 2.00. The van der Waals surface area contributed by atoms with Gasteiger partial charge in [0.25, 0.3) is 0 Å². The molecule has 0 heterocycles. The second kappa shape index (κ2) is 5.37. The lowest BCUT2D eigenvalue weighted by atomic mass is 10.2. The molecule has 6 N–H and O–H groups in total. The zero-order valence-electron chi connectivity index (χ0n) is 5.77. The van der Waals surface area contributed by atoms with Gasteiger partial charge in [-0.3, -0.25) is 0 Å². The number of hydrogen-bond acceptors (Lipinski definition) is 4. The van der Waals surface area contributed by atoms with E-state index in [4.69, 9.17) is 21.7 Å². The predicted molar refractivity (Wildman–Crippen MR) is 39.0 cm³/mol. The van der Waals surface area contributed by atoms with Crippen LogP contribution in [0.15, 0.2) is 12.2 Å². The van der Waals surface area contributed by atoms with Gasteiger partial charge in [0, 0.05) is 0 Å². The summed E-state index contributed by atoms with van der Waals surface area (Å²) in [7, 11) is 0. The average Bonchev–Trinajstić information content (AvgIpc) is 1.88. The van der Waals surface area contributed by atoms with Crippen molar-refractivity contribution in [3.8, 4) is 0 Å². The van der Waals surface area contributed by atoms with E-state index in [0.29, 0.717) is 13.0 Å². The first kappa shape index (κ1) is 9.58. The molecule has 4 nitrogen and oxygen atoms in total. The van der Waals surface area contributed by atoms with E-state index in [9.17, 15) is 0 Å². The highest BCUT2D eigenvalue weighted by Crippen LogP contribution is 1.88. The van der Waals surface area contributed by atoms with E-state index in [0.717, 1.165) is 0 Å². The molecule has 10 heavy (non-hydrogen) atoms. The van der Waals surface area contributed by atoms with Crippen molar-refractivity contribution < 1.29 is 10.2 Å². The Kier molecular flexibility index (Phi) is 5.15. The zero-order chi connectivity index (χ0) is 7.98. The third kappa shape index (κ3) is 4.46. The van der Waals surface area contributed by atoms with Gasteiger partial charge in [-0.25, -0.2) is 0 Å². The third-order valence-electron chi connectivity index (χ3n) is 1.04. The van der Waals surface area contributed by atoms with Gasteiger partial charge in [0.15, 0.2) is 6.29 Å². The Morgan fingerprint density at radius 3 is 2.40 bits per heavy atom. The molecule has 60 valence electrons. The fourth-order valence-corrected chi connectivity index (χ4v) is 0.449. The monoisotopic (exact) mass is 146 g/mol. The molecule has 0 rings (SSSR count). The molecular weight excluding hydrogens is 132 g/mol. The van der Waals surface area contributed by atoms with E-state index in [1.54, 1.807) is 6.08 Å². The van der Waals surface area contributed by atoms with Crippen molar-refractivity contribution in [3.63, 3.8) is 0 Å². The van der Waals surface area contributed by atoms with Crippen molar-refractivity contribution in [2.75, 3.05) is 6.54 Å². The number of nitrogens with two attached hydrogens (primary N) is 2. The minimum absolute atomic E-state index is 0.546. The quantitative estimate of drug-likeness (QED) is 0.288. The van der Waals surface area contributed by atoms with Crippen LogP contribution in [0.5, 0.6) is 0 Å². The van der Waals surface area contributed by atoms with Crippen LogP contribution >= 0.6 is 0 Å². The normalized spacial score (nSPS) is 14.9. The van der Waals surface area contributed by atoms with Gasteiger partial charge in [-0.05, 0) is 13.0 Å². The van der Waals surface area contributed by atoms with Crippen LogP contribution in [0.25, 0.3) is 0 Å². The Morgan fingerprint density at radius 1 is 1.40 bits per heavy atom. The summed E-state index contributed by atoms with van der Waals surface area (Å²) in [5.41, 5.74) is 10.4. The Balaban J connectivity index is 3.45. The number of aliphatic hydroxyl groups is 2. The maximum Gasteiger partial charge on any atom is 0.170 e. The van der Waals surface area contributed by atoms with Crippen LogP contribution < -0.4 is 11.5 Å². The number of rotatable bonds is 4. The van der Waals surface area contributed by atoms with Crippen LogP contribution in [0.1, 0.15) is 6.42 Å². The van der Waals surface area contributed by atoms with E-state index in [1.807, 2.05) is 0 Å². The van der Waals surface area contributed by atoms with Crippen LogP contribution in [0.2, 0.25) is 0 Å². The molecule has 0 bridgehead atoms.